The Labute approximate surface area is 171 Å². The van der Waals surface area contributed by atoms with E-state index in [0.717, 1.165) is 0 Å². The van der Waals surface area contributed by atoms with Crippen LogP contribution in [0.3, 0.4) is 0 Å². The van der Waals surface area contributed by atoms with Crippen molar-refractivity contribution in [2.45, 2.75) is 18.9 Å². The van der Waals surface area contributed by atoms with Crippen LogP contribution in [0, 0.1) is 5.82 Å². The summed E-state index contributed by atoms with van der Waals surface area (Å²) in [7, 11) is 0. The number of amides is 1. The normalized spacial score (nSPS) is 14.9. The second kappa shape index (κ2) is 7.81. The number of aromatic amines is 1. The minimum atomic E-state index is -0.581. The first-order valence-corrected chi connectivity index (χ1v) is 9.55. The van der Waals surface area contributed by atoms with Crippen LogP contribution in [0.1, 0.15) is 23.3 Å². The van der Waals surface area contributed by atoms with Crippen molar-refractivity contribution in [3.05, 3.63) is 53.2 Å². The van der Waals surface area contributed by atoms with Crippen molar-refractivity contribution < 1.29 is 14.3 Å². The minimum absolute atomic E-state index is 0.0116. The summed E-state index contributed by atoms with van der Waals surface area (Å²) in [4.78, 5) is 25.6. The van der Waals surface area contributed by atoms with Crippen LogP contribution in [0.15, 0.2) is 36.7 Å². The van der Waals surface area contributed by atoms with Gasteiger partial charge in [0, 0.05) is 42.2 Å². The SMILES string of the molecule is Nc1ncc(-c2cccc(Cl)c2F)c(-c2c[nH]c(C(=O)N3CCC(O)CC3)c2)n1. The molecule has 1 saturated heterocycles. The summed E-state index contributed by atoms with van der Waals surface area (Å²) in [6, 6.07) is 6.33. The van der Waals surface area contributed by atoms with E-state index in [1.807, 2.05) is 0 Å². The number of H-pyrrole nitrogens is 1. The number of aliphatic hydroxyl groups is 1. The number of hydrogen-bond acceptors (Lipinski definition) is 5. The Balaban J connectivity index is 1.70. The third kappa shape index (κ3) is 3.81. The van der Waals surface area contributed by atoms with Crippen molar-refractivity contribution in [1.82, 2.24) is 19.9 Å². The van der Waals surface area contributed by atoms with Crippen LogP contribution in [-0.4, -0.2) is 50.1 Å². The number of nitrogens with two attached hydrogens (primary N) is 1. The number of aromatic nitrogens is 3. The average molecular weight is 416 g/mol. The van der Waals surface area contributed by atoms with Crippen molar-refractivity contribution in [3.8, 4) is 22.4 Å². The summed E-state index contributed by atoms with van der Waals surface area (Å²) in [5.41, 5.74) is 7.76. The second-order valence-corrected chi connectivity index (χ2v) is 7.32. The Kier molecular flexibility index (Phi) is 5.21. The molecule has 3 aromatic rings. The van der Waals surface area contributed by atoms with E-state index in [0.29, 0.717) is 48.4 Å². The zero-order valence-electron chi connectivity index (χ0n) is 15.4. The van der Waals surface area contributed by atoms with Gasteiger partial charge >= 0.3 is 0 Å². The molecule has 0 spiro atoms. The Hall–Kier alpha value is -2.97. The maximum absolute atomic E-state index is 14.6. The molecular formula is C20H19ClFN5O2. The number of nitrogen functional groups attached to an aromatic ring is 1. The smallest absolute Gasteiger partial charge is 0.270 e. The third-order valence-corrected chi connectivity index (χ3v) is 5.28. The van der Waals surface area contributed by atoms with E-state index in [9.17, 15) is 14.3 Å². The van der Waals surface area contributed by atoms with Gasteiger partial charge in [-0.05, 0) is 25.0 Å². The molecule has 3 heterocycles. The number of piperidine rings is 1. The lowest BCUT2D eigenvalue weighted by Gasteiger charge is -2.29. The molecule has 1 aromatic carbocycles. The molecule has 0 atom stereocenters. The minimum Gasteiger partial charge on any atom is -0.393 e. The van der Waals surface area contributed by atoms with E-state index < -0.39 is 5.82 Å². The van der Waals surface area contributed by atoms with Gasteiger partial charge in [-0.3, -0.25) is 4.79 Å². The van der Waals surface area contributed by atoms with E-state index >= 15 is 0 Å². The molecule has 150 valence electrons. The molecule has 1 aliphatic heterocycles. The molecule has 4 rings (SSSR count). The third-order valence-electron chi connectivity index (χ3n) is 4.99. The molecule has 2 aromatic heterocycles. The van der Waals surface area contributed by atoms with Crippen LogP contribution in [0.5, 0.6) is 0 Å². The van der Waals surface area contributed by atoms with Crippen LogP contribution in [0.25, 0.3) is 22.4 Å². The fraction of sp³-hybridized carbons (Fsp3) is 0.250. The van der Waals surface area contributed by atoms with Crippen LogP contribution >= 0.6 is 11.6 Å². The van der Waals surface area contributed by atoms with Gasteiger partial charge in [0.2, 0.25) is 5.95 Å². The number of halogens is 2. The highest BCUT2D eigenvalue weighted by Gasteiger charge is 2.24. The molecule has 0 unspecified atom stereocenters. The Morgan fingerprint density at radius 3 is 2.83 bits per heavy atom. The molecule has 0 aliphatic carbocycles. The number of likely N-dealkylation sites (tertiary alicyclic amines) is 1. The first-order chi connectivity index (χ1) is 13.9. The lowest BCUT2D eigenvalue weighted by Crippen LogP contribution is -2.40. The molecule has 0 saturated carbocycles. The molecule has 1 amide bonds. The highest BCUT2D eigenvalue weighted by atomic mass is 35.5. The molecule has 1 fully saturated rings. The molecular weight excluding hydrogens is 397 g/mol. The molecule has 29 heavy (non-hydrogen) atoms. The van der Waals surface area contributed by atoms with Crippen molar-refractivity contribution in [2.75, 3.05) is 18.8 Å². The fourth-order valence-electron chi connectivity index (χ4n) is 3.42. The molecule has 0 bridgehead atoms. The fourth-order valence-corrected chi connectivity index (χ4v) is 3.59. The number of benzene rings is 1. The largest absolute Gasteiger partial charge is 0.393 e. The van der Waals surface area contributed by atoms with Gasteiger partial charge in [0.05, 0.1) is 16.8 Å². The highest BCUT2D eigenvalue weighted by Crippen LogP contribution is 2.34. The Morgan fingerprint density at radius 2 is 2.07 bits per heavy atom. The van der Waals surface area contributed by atoms with Crippen LogP contribution in [0.2, 0.25) is 5.02 Å². The first-order valence-electron chi connectivity index (χ1n) is 9.17. The molecule has 1 aliphatic rings. The van der Waals surface area contributed by atoms with E-state index in [-0.39, 0.29) is 28.5 Å². The number of nitrogens with one attached hydrogen (secondary N) is 1. The van der Waals surface area contributed by atoms with Gasteiger partial charge in [0.15, 0.2) is 0 Å². The predicted octanol–water partition coefficient (Wildman–Crippen LogP) is 3.11. The standard InChI is InChI=1S/C20H19ClFN5O2/c21-15-3-1-2-13(17(15)22)14-10-25-20(23)26-18(14)11-8-16(24-9-11)19(29)27-6-4-12(28)5-7-27/h1-3,8-10,12,24,28H,4-7H2,(H2,23,25,26). The van der Waals surface area contributed by atoms with Crippen molar-refractivity contribution in [3.63, 3.8) is 0 Å². The number of carbonyl (C=O) groups is 1. The highest BCUT2D eigenvalue weighted by molar-refractivity contribution is 6.31. The Bertz CT molecular complexity index is 1060. The van der Waals surface area contributed by atoms with Crippen molar-refractivity contribution in [1.29, 1.82) is 0 Å². The summed E-state index contributed by atoms with van der Waals surface area (Å²) < 4.78 is 14.6. The number of rotatable bonds is 3. The van der Waals surface area contributed by atoms with E-state index in [4.69, 9.17) is 17.3 Å². The van der Waals surface area contributed by atoms with Crippen LogP contribution < -0.4 is 5.73 Å². The van der Waals surface area contributed by atoms with Gasteiger partial charge in [-0.2, -0.15) is 0 Å². The summed E-state index contributed by atoms with van der Waals surface area (Å²) in [5, 5.41) is 9.62. The Morgan fingerprint density at radius 1 is 1.31 bits per heavy atom. The first kappa shape index (κ1) is 19.4. The molecule has 7 nitrogen and oxygen atoms in total. The van der Waals surface area contributed by atoms with Gasteiger partial charge in [0.1, 0.15) is 11.5 Å². The molecule has 0 radical (unpaired) electrons. The number of nitrogens with zero attached hydrogens (tertiary/aromatic N) is 3. The summed E-state index contributed by atoms with van der Waals surface area (Å²) in [5.74, 6) is -0.714. The summed E-state index contributed by atoms with van der Waals surface area (Å²) in [6.45, 7) is 0.988. The van der Waals surface area contributed by atoms with E-state index in [2.05, 4.69) is 15.0 Å². The van der Waals surface area contributed by atoms with E-state index in [1.54, 1.807) is 29.3 Å². The van der Waals surface area contributed by atoms with Crippen molar-refractivity contribution in [2.24, 2.45) is 0 Å². The van der Waals surface area contributed by atoms with Crippen LogP contribution in [-0.2, 0) is 0 Å². The zero-order chi connectivity index (χ0) is 20.5. The number of anilines is 1. The van der Waals surface area contributed by atoms with Gasteiger partial charge < -0.3 is 20.7 Å². The van der Waals surface area contributed by atoms with E-state index in [1.165, 1.54) is 12.3 Å². The van der Waals surface area contributed by atoms with Gasteiger partial charge in [-0.25, -0.2) is 14.4 Å². The average Bonchev–Trinajstić information content (AvgIpc) is 3.20. The zero-order valence-corrected chi connectivity index (χ0v) is 16.2. The molecule has 4 N–H and O–H groups in total. The lowest BCUT2D eigenvalue weighted by atomic mass is 10.0. The lowest BCUT2D eigenvalue weighted by molar-refractivity contribution is 0.0542. The quantitative estimate of drug-likeness (QED) is 0.609. The maximum Gasteiger partial charge on any atom is 0.270 e. The topological polar surface area (TPSA) is 108 Å². The second-order valence-electron chi connectivity index (χ2n) is 6.92. The maximum atomic E-state index is 14.6. The monoisotopic (exact) mass is 415 g/mol. The van der Waals surface area contributed by atoms with Gasteiger partial charge in [-0.15, -0.1) is 0 Å². The number of carbonyl (C=O) groups excluding carboxylic acids is 1. The van der Waals surface area contributed by atoms with Gasteiger partial charge in [-0.1, -0.05) is 23.7 Å². The predicted molar refractivity (Wildman–Crippen MR) is 108 cm³/mol. The summed E-state index contributed by atoms with van der Waals surface area (Å²) >= 11 is 5.92. The summed E-state index contributed by atoms with van der Waals surface area (Å²) in [6.07, 6.45) is 3.81. The molecule has 9 heteroatoms. The van der Waals surface area contributed by atoms with Crippen LogP contribution in [0.4, 0.5) is 10.3 Å². The van der Waals surface area contributed by atoms with Gasteiger partial charge in [0.25, 0.3) is 5.91 Å². The number of hydrogen-bond donors (Lipinski definition) is 3. The van der Waals surface area contributed by atoms with Crippen molar-refractivity contribution >= 4 is 23.5 Å². The number of aliphatic hydroxyl groups excluding tert-OH is 1.